The van der Waals surface area contributed by atoms with Gasteiger partial charge in [0, 0.05) is 18.5 Å². The van der Waals surface area contributed by atoms with Gasteiger partial charge in [-0.3, -0.25) is 4.79 Å². The zero-order valence-corrected chi connectivity index (χ0v) is 13.1. The van der Waals surface area contributed by atoms with Gasteiger partial charge in [0.2, 0.25) is 5.91 Å². The molecule has 1 saturated heterocycles. The third kappa shape index (κ3) is 4.77. The molecule has 4 heteroatoms. The van der Waals surface area contributed by atoms with Crippen molar-refractivity contribution in [3.05, 3.63) is 0 Å². The third-order valence-electron chi connectivity index (χ3n) is 4.15. The summed E-state index contributed by atoms with van der Waals surface area (Å²) in [7, 11) is 2.06. The Morgan fingerprint density at radius 3 is 2.63 bits per heavy atom. The molecule has 0 aliphatic carbocycles. The average molecular weight is 270 g/mol. The van der Waals surface area contributed by atoms with Gasteiger partial charge in [0.1, 0.15) is 0 Å². The molecular formula is C15H30N2O2. The molecule has 0 aromatic rings. The lowest BCUT2D eigenvalue weighted by atomic mass is 9.80. The van der Waals surface area contributed by atoms with Crippen molar-refractivity contribution in [2.45, 2.75) is 46.6 Å². The van der Waals surface area contributed by atoms with Gasteiger partial charge in [0.05, 0.1) is 12.0 Å². The lowest BCUT2D eigenvalue weighted by Gasteiger charge is -2.34. The molecule has 0 radical (unpaired) electrons. The van der Waals surface area contributed by atoms with Crippen LogP contribution in [0.4, 0.5) is 0 Å². The van der Waals surface area contributed by atoms with E-state index in [0.29, 0.717) is 6.54 Å². The van der Waals surface area contributed by atoms with Crippen LogP contribution in [0, 0.1) is 17.3 Å². The van der Waals surface area contributed by atoms with Crippen LogP contribution in [0.3, 0.4) is 0 Å². The van der Waals surface area contributed by atoms with Crippen LogP contribution in [-0.2, 0) is 4.79 Å². The Balaban J connectivity index is 2.45. The first kappa shape index (κ1) is 16.4. The van der Waals surface area contributed by atoms with Gasteiger partial charge in [0.15, 0.2) is 0 Å². The summed E-state index contributed by atoms with van der Waals surface area (Å²) in [6.07, 6.45) is 1.66. The van der Waals surface area contributed by atoms with E-state index in [1.807, 2.05) is 27.7 Å². The molecule has 1 aliphatic rings. The molecule has 19 heavy (non-hydrogen) atoms. The highest BCUT2D eigenvalue weighted by Gasteiger charge is 2.32. The van der Waals surface area contributed by atoms with E-state index in [9.17, 15) is 9.90 Å². The van der Waals surface area contributed by atoms with Crippen molar-refractivity contribution >= 4 is 5.91 Å². The highest BCUT2D eigenvalue weighted by molar-refractivity contribution is 5.79. The summed E-state index contributed by atoms with van der Waals surface area (Å²) in [5.41, 5.74) is -0.287. The predicted molar refractivity (Wildman–Crippen MR) is 77.9 cm³/mol. The van der Waals surface area contributed by atoms with E-state index in [4.69, 9.17) is 0 Å². The highest BCUT2D eigenvalue weighted by Crippen LogP contribution is 2.25. The maximum Gasteiger partial charge on any atom is 0.224 e. The smallest absolute Gasteiger partial charge is 0.224 e. The van der Waals surface area contributed by atoms with Crippen LogP contribution >= 0.6 is 0 Å². The van der Waals surface area contributed by atoms with E-state index in [1.165, 1.54) is 0 Å². The van der Waals surface area contributed by atoms with Gasteiger partial charge < -0.3 is 15.3 Å². The quantitative estimate of drug-likeness (QED) is 0.796. The van der Waals surface area contributed by atoms with Gasteiger partial charge in [-0.1, -0.05) is 27.7 Å². The number of hydrogen-bond acceptors (Lipinski definition) is 3. The summed E-state index contributed by atoms with van der Waals surface area (Å²) in [4.78, 5) is 14.4. The van der Waals surface area contributed by atoms with Gasteiger partial charge in [0.25, 0.3) is 0 Å². The molecule has 2 N–H and O–H groups in total. The number of likely N-dealkylation sites (tertiary alicyclic amines) is 1. The van der Waals surface area contributed by atoms with Crippen LogP contribution in [-0.4, -0.2) is 48.7 Å². The number of nitrogens with zero attached hydrogens (tertiary/aromatic N) is 1. The predicted octanol–water partition coefficient (Wildman–Crippen LogP) is 1.49. The monoisotopic (exact) mass is 270 g/mol. The maximum absolute atomic E-state index is 12.2. The Hall–Kier alpha value is -0.610. The number of aliphatic hydroxyl groups excluding tert-OH is 1. The SMILES string of the molecule is CC(C)C(O)C(C)(C)CNC(=O)C1CCCN(C)C1. The van der Waals surface area contributed by atoms with Gasteiger partial charge in [-0.2, -0.15) is 0 Å². The number of amides is 1. The summed E-state index contributed by atoms with van der Waals surface area (Å²) in [5.74, 6) is 0.439. The van der Waals surface area contributed by atoms with E-state index in [2.05, 4.69) is 17.3 Å². The summed E-state index contributed by atoms with van der Waals surface area (Å²) in [6, 6.07) is 0. The van der Waals surface area contributed by atoms with Crippen molar-refractivity contribution < 1.29 is 9.90 Å². The van der Waals surface area contributed by atoms with E-state index in [0.717, 1.165) is 25.9 Å². The minimum absolute atomic E-state index is 0.103. The molecule has 0 saturated carbocycles. The fourth-order valence-electron chi connectivity index (χ4n) is 2.85. The molecule has 0 aromatic heterocycles. The van der Waals surface area contributed by atoms with Crippen LogP contribution in [0.25, 0.3) is 0 Å². The highest BCUT2D eigenvalue weighted by atomic mass is 16.3. The molecule has 1 amide bonds. The lowest BCUT2D eigenvalue weighted by molar-refractivity contribution is -0.127. The molecule has 0 spiro atoms. The second-order valence-electron chi connectivity index (χ2n) is 7.00. The van der Waals surface area contributed by atoms with Crippen LogP contribution < -0.4 is 5.32 Å². The van der Waals surface area contributed by atoms with Crippen molar-refractivity contribution in [2.75, 3.05) is 26.7 Å². The molecular weight excluding hydrogens is 240 g/mol. The number of piperidine rings is 1. The number of carbonyl (C=O) groups excluding carboxylic acids is 1. The Morgan fingerprint density at radius 2 is 2.11 bits per heavy atom. The first-order valence-electron chi connectivity index (χ1n) is 7.38. The summed E-state index contributed by atoms with van der Waals surface area (Å²) >= 11 is 0. The molecule has 2 atom stereocenters. The van der Waals surface area contributed by atoms with Crippen molar-refractivity contribution in [3.63, 3.8) is 0 Å². The zero-order chi connectivity index (χ0) is 14.6. The average Bonchev–Trinajstić information content (AvgIpc) is 2.35. The second kappa shape index (κ2) is 6.71. The van der Waals surface area contributed by atoms with E-state index in [-0.39, 0.29) is 23.2 Å². The molecule has 0 bridgehead atoms. The molecule has 2 unspecified atom stereocenters. The minimum atomic E-state index is -0.401. The number of nitrogens with one attached hydrogen (secondary N) is 1. The number of rotatable bonds is 5. The molecule has 1 fully saturated rings. The topological polar surface area (TPSA) is 52.6 Å². The van der Waals surface area contributed by atoms with Crippen molar-refractivity contribution in [3.8, 4) is 0 Å². The van der Waals surface area contributed by atoms with Gasteiger partial charge in [-0.05, 0) is 32.4 Å². The summed E-state index contributed by atoms with van der Waals surface area (Å²) in [6.45, 7) is 10.5. The van der Waals surface area contributed by atoms with Gasteiger partial charge in [-0.15, -0.1) is 0 Å². The first-order valence-corrected chi connectivity index (χ1v) is 7.38. The number of carbonyl (C=O) groups is 1. The molecule has 1 heterocycles. The van der Waals surface area contributed by atoms with E-state index < -0.39 is 6.10 Å². The van der Waals surface area contributed by atoms with Crippen molar-refractivity contribution in [1.29, 1.82) is 0 Å². The van der Waals surface area contributed by atoms with E-state index >= 15 is 0 Å². The number of hydrogen-bond donors (Lipinski definition) is 2. The first-order chi connectivity index (χ1) is 8.74. The van der Waals surface area contributed by atoms with E-state index in [1.54, 1.807) is 0 Å². The van der Waals surface area contributed by atoms with Gasteiger partial charge >= 0.3 is 0 Å². The maximum atomic E-state index is 12.2. The van der Waals surface area contributed by atoms with Crippen LogP contribution in [0.5, 0.6) is 0 Å². The van der Waals surface area contributed by atoms with Crippen LogP contribution in [0.1, 0.15) is 40.5 Å². The molecule has 1 aliphatic heterocycles. The van der Waals surface area contributed by atoms with Gasteiger partial charge in [-0.25, -0.2) is 0 Å². The Morgan fingerprint density at radius 1 is 1.47 bits per heavy atom. The number of aliphatic hydroxyl groups is 1. The Labute approximate surface area is 117 Å². The normalized spacial score (nSPS) is 23.4. The van der Waals surface area contributed by atoms with Crippen LogP contribution in [0.15, 0.2) is 0 Å². The van der Waals surface area contributed by atoms with Crippen molar-refractivity contribution in [1.82, 2.24) is 10.2 Å². The minimum Gasteiger partial charge on any atom is -0.392 e. The lowest BCUT2D eigenvalue weighted by Crippen LogP contribution is -2.47. The summed E-state index contributed by atoms with van der Waals surface area (Å²) in [5, 5.41) is 13.2. The van der Waals surface area contributed by atoms with Crippen LogP contribution in [0.2, 0.25) is 0 Å². The largest absolute Gasteiger partial charge is 0.392 e. The second-order valence-corrected chi connectivity index (χ2v) is 7.00. The molecule has 4 nitrogen and oxygen atoms in total. The van der Waals surface area contributed by atoms with Crippen molar-refractivity contribution in [2.24, 2.45) is 17.3 Å². The molecule has 1 rings (SSSR count). The third-order valence-corrected chi connectivity index (χ3v) is 4.15. The zero-order valence-electron chi connectivity index (χ0n) is 13.1. The molecule has 112 valence electrons. The molecule has 0 aromatic carbocycles. The Bertz CT molecular complexity index is 303. The fraction of sp³-hybridized carbons (Fsp3) is 0.933. The Kier molecular flexibility index (Phi) is 5.81. The fourth-order valence-corrected chi connectivity index (χ4v) is 2.85. The standard InChI is InChI=1S/C15H30N2O2/c1-11(2)13(18)15(3,4)10-16-14(19)12-7-6-8-17(5)9-12/h11-13,18H,6-10H2,1-5H3,(H,16,19). The summed E-state index contributed by atoms with van der Waals surface area (Å²) < 4.78 is 0.